The van der Waals surface area contributed by atoms with Crippen LogP contribution in [0.4, 0.5) is 4.39 Å². The van der Waals surface area contributed by atoms with E-state index in [2.05, 4.69) is 20.6 Å². The monoisotopic (exact) mass is 414 g/mol. The number of aryl methyl sites for hydroxylation is 1. The minimum Gasteiger partial charge on any atom is -0.351 e. The first-order valence-electron chi connectivity index (χ1n) is 9.96. The fourth-order valence-electron chi connectivity index (χ4n) is 2.78. The van der Waals surface area contributed by atoms with Crippen molar-refractivity contribution in [3.05, 3.63) is 65.2 Å². The third-order valence-corrected chi connectivity index (χ3v) is 4.26. The van der Waals surface area contributed by atoms with Gasteiger partial charge in [0.15, 0.2) is 0 Å². The summed E-state index contributed by atoms with van der Waals surface area (Å²) < 4.78 is 13.1. The van der Waals surface area contributed by atoms with E-state index in [0.29, 0.717) is 12.0 Å². The Morgan fingerprint density at radius 1 is 1.20 bits per heavy atom. The lowest BCUT2D eigenvalue weighted by Crippen LogP contribution is -2.54. The zero-order valence-electron chi connectivity index (χ0n) is 17.9. The highest BCUT2D eigenvalue weighted by molar-refractivity contribution is 6.02. The Morgan fingerprint density at radius 3 is 2.47 bits per heavy atom. The zero-order chi connectivity index (χ0) is 22.3. The van der Waals surface area contributed by atoms with Crippen LogP contribution in [0.3, 0.4) is 0 Å². The second-order valence-electron chi connectivity index (χ2n) is 8.17. The lowest BCUT2D eigenvalue weighted by Gasteiger charge is -2.27. The predicted molar refractivity (Wildman–Crippen MR) is 117 cm³/mol. The third kappa shape index (κ3) is 7.53. The molecule has 2 atom stereocenters. The van der Waals surface area contributed by atoms with E-state index >= 15 is 0 Å². The van der Waals surface area contributed by atoms with Crippen molar-refractivity contribution in [1.82, 2.24) is 15.6 Å². The Kier molecular flexibility index (Phi) is 8.02. The van der Waals surface area contributed by atoms with Crippen molar-refractivity contribution < 1.29 is 9.18 Å². The van der Waals surface area contributed by atoms with Gasteiger partial charge in [0.25, 0.3) is 5.91 Å². The van der Waals surface area contributed by atoms with E-state index in [-0.39, 0.29) is 17.3 Å². The van der Waals surface area contributed by atoms with Crippen LogP contribution < -0.4 is 22.1 Å². The van der Waals surface area contributed by atoms with Crippen molar-refractivity contribution >= 4 is 11.9 Å². The van der Waals surface area contributed by atoms with E-state index in [0.717, 1.165) is 17.7 Å². The Morgan fingerprint density at radius 2 is 1.87 bits per heavy atom. The summed E-state index contributed by atoms with van der Waals surface area (Å²) in [5.74, 6) is -0.458. The van der Waals surface area contributed by atoms with Crippen LogP contribution in [0.15, 0.2) is 47.6 Å². The maximum Gasteiger partial charge on any atom is 0.280 e. The number of aromatic nitrogens is 1. The van der Waals surface area contributed by atoms with E-state index in [1.165, 1.54) is 12.1 Å². The van der Waals surface area contributed by atoms with Gasteiger partial charge in [-0.05, 0) is 63.4 Å². The van der Waals surface area contributed by atoms with E-state index < -0.39 is 18.1 Å². The molecule has 30 heavy (non-hydrogen) atoms. The number of rotatable bonds is 6. The summed E-state index contributed by atoms with van der Waals surface area (Å²) in [7, 11) is 0. The van der Waals surface area contributed by atoms with Crippen LogP contribution in [0.2, 0.25) is 0 Å². The molecule has 1 aromatic carbocycles. The predicted octanol–water partition coefficient (Wildman–Crippen LogP) is 2.63. The van der Waals surface area contributed by atoms with Crippen molar-refractivity contribution in [3.8, 4) is 0 Å². The summed E-state index contributed by atoms with van der Waals surface area (Å²) in [6, 6.07) is 8.95. The van der Waals surface area contributed by atoms with Gasteiger partial charge in [0, 0.05) is 29.0 Å². The number of carbonyl (C=O) groups excluding carboxylic acids is 1. The van der Waals surface area contributed by atoms with Crippen LogP contribution in [-0.2, 0) is 6.42 Å². The van der Waals surface area contributed by atoms with Gasteiger partial charge in [0.2, 0.25) is 5.96 Å². The molecule has 2 rings (SSSR count). The quantitative estimate of drug-likeness (QED) is 0.328. The summed E-state index contributed by atoms with van der Waals surface area (Å²) >= 11 is 0. The highest BCUT2D eigenvalue weighted by Crippen LogP contribution is 2.15. The Bertz CT molecular complexity index is 876. The number of hydrogen-bond donors (Lipinski definition) is 4. The molecule has 1 heterocycles. The summed E-state index contributed by atoms with van der Waals surface area (Å²) in [5, 5.41) is 6.21. The van der Waals surface area contributed by atoms with Gasteiger partial charge in [0.05, 0.1) is 6.17 Å². The van der Waals surface area contributed by atoms with E-state index in [4.69, 9.17) is 11.5 Å². The van der Waals surface area contributed by atoms with Crippen molar-refractivity contribution in [2.45, 2.75) is 58.3 Å². The van der Waals surface area contributed by atoms with Crippen LogP contribution in [-0.4, -0.2) is 28.6 Å². The zero-order valence-corrected chi connectivity index (χ0v) is 17.9. The summed E-state index contributed by atoms with van der Waals surface area (Å²) in [4.78, 5) is 21.1. The first kappa shape index (κ1) is 23.4. The number of nitrogens with two attached hydrogens (primary N) is 2. The largest absolute Gasteiger partial charge is 0.351 e. The molecule has 0 radical (unpaired) electrons. The van der Waals surface area contributed by atoms with Crippen LogP contribution in [0.5, 0.6) is 0 Å². The molecular formula is C22H31FN6O. The normalized spacial score (nSPS) is 14.2. The molecule has 0 aliphatic carbocycles. The molecule has 0 saturated heterocycles. The summed E-state index contributed by atoms with van der Waals surface area (Å²) in [6.07, 6.45) is 2.11. The molecule has 1 aromatic heterocycles. The molecule has 2 aromatic rings. The van der Waals surface area contributed by atoms with Gasteiger partial charge in [-0.2, -0.15) is 4.99 Å². The second kappa shape index (κ2) is 10.3. The molecule has 0 aliphatic rings. The number of hydrogen-bond acceptors (Lipinski definition) is 4. The smallest absolute Gasteiger partial charge is 0.280 e. The van der Waals surface area contributed by atoms with Gasteiger partial charge >= 0.3 is 0 Å². The minimum absolute atomic E-state index is 0.265. The van der Waals surface area contributed by atoms with Crippen LogP contribution in [0, 0.1) is 5.82 Å². The van der Waals surface area contributed by atoms with Crippen LogP contribution in [0.25, 0.3) is 0 Å². The number of carbonyl (C=O) groups is 1. The molecule has 0 fully saturated rings. The number of guanidine groups is 1. The van der Waals surface area contributed by atoms with Gasteiger partial charge < -0.3 is 22.1 Å². The fourth-order valence-corrected chi connectivity index (χ4v) is 2.78. The lowest BCUT2D eigenvalue weighted by molar-refractivity contribution is 0.100. The Hall–Kier alpha value is -2.84. The van der Waals surface area contributed by atoms with Crippen molar-refractivity contribution in [1.29, 1.82) is 0 Å². The Labute approximate surface area is 177 Å². The molecule has 6 N–H and O–H groups in total. The van der Waals surface area contributed by atoms with Crippen molar-refractivity contribution in [2.24, 2.45) is 16.5 Å². The SMILES string of the molecule is CCc1cc(C(=O)/N=C(\NC(N)CC(N)c2ccc(F)cc2)NC(C)(C)C)ccn1. The van der Waals surface area contributed by atoms with Gasteiger partial charge in [-0.15, -0.1) is 0 Å². The number of amides is 1. The van der Waals surface area contributed by atoms with Crippen molar-refractivity contribution in [2.75, 3.05) is 0 Å². The highest BCUT2D eigenvalue weighted by atomic mass is 19.1. The summed E-state index contributed by atoms with van der Waals surface area (Å²) in [5.41, 5.74) is 14.1. The first-order valence-corrected chi connectivity index (χ1v) is 9.96. The molecule has 7 nitrogen and oxygen atoms in total. The van der Waals surface area contributed by atoms with Gasteiger partial charge in [-0.25, -0.2) is 4.39 Å². The van der Waals surface area contributed by atoms with Crippen molar-refractivity contribution in [3.63, 3.8) is 0 Å². The first-order chi connectivity index (χ1) is 14.1. The average Bonchev–Trinajstić information content (AvgIpc) is 2.67. The minimum atomic E-state index is -0.574. The van der Waals surface area contributed by atoms with E-state index in [9.17, 15) is 9.18 Å². The van der Waals surface area contributed by atoms with Gasteiger partial charge in [0.1, 0.15) is 5.82 Å². The number of aliphatic imine (C=N–C) groups is 1. The summed E-state index contributed by atoms with van der Waals surface area (Å²) in [6.45, 7) is 7.82. The Balaban J connectivity index is 2.14. The average molecular weight is 415 g/mol. The third-order valence-electron chi connectivity index (χ3n) is 4.26. The number of halogens is 1. The number of nitrogens with zero attached hydrogens (tertiary/aromatic N) is 2. The molecule has 0 spiro atoms. The molecule has 162 valence electrons. The lowest BCUT2D eigenvalue weighted by atomic mass is 10.0. The number of nitrogens with one attached hydrogen (secondary N) is 2. The van der Waals surface area contributed by atoms with Crippen LogP contribution in [0.1, 0.15) is 61.8 Å². The number of pyridine rings is 1. The maximum atomic E-state index is 13.1. The molecule has 8 heteroatoms. The molecule has 2 unspecified atom stereocenters. The fraction of sp³-hybridized carbons (Fsp3) is 0.409. The molecule has 0 aliphatic heterocycles. The standard InChI is InChI=1S/C22H31FN6O/c1-5-17-12-15(10-11-26-17)20(30)28-21(29-22(2,3)4)27-19(25)13-18(24)14-6-8-16(23)9-7-14/h6-12,18-19H,5,13,24-25H2,1-4H3,(H2,27,28,29,30). The number of benzene rings is 1. The second-order valence-corrected chi connectivity index (χ2v) is 8.17. The topological polar surface area (TPSA) is 118 Å². The van der Waals surface area contributed by atoms with Gasteiger partial charge in [-0.3, -0.25) is 9.78 Å². The molecule has 0 bridgehead atoms. The molecule has 1 amide bonds. The van der Waals surface area contributed by atoms with Gasteiger partial charge in [-0.1, -0.05) is 19.1 Å². The highest BCUT2D eigenvalue weighted by Gasteiger charge is 2.18. The van der Waals surface area contributed by atoms with E-state index in [1.54, 1.807) is 30.5 Å². The molecule has 0 saturated carbocycles. The van der Waals surface area contributed by atoms with Crippen LogP contribution >= 0.6 is 0 Å². The maximum absolute atomic E-state index is 13.1. The molecular weight excluding hydrogens is 383 g/mol. The van der Waals surface area contributed by atoms with E-state index in [1.807, 2.05) is 27.7 Å².